The summed E-state index contributed by atoms with van der Waals surface area (Å²) in [7, 11) is 0. The molecule has 1 fully saturated rings. The molecule has 0 bridgehead atoms. The molecule has 0 spiro atoms. The van der Waals surface area contributed by atoms with Crippen molar-refractivity contribution in [3.05, 3.63) is 47.3 Å². The van der Waals surface area contributed by atoms with Gasteiger partial charge in [0.2, 0.25) is 0 Å². The Balaban J connectivity index is 1.53. The van der Waals surface area contributed by atoms with Crippen LogP contribution < -0.4 is 0 Å². The second-order valence-electron chi connectivity index (χ2n) is 5.21. The van der Waals surface area contributed by atoms with Crippen LogP contribution in [0.1, 0.15) is 27.7 Å². The molecule has 0 amide bonds. The minimum atomic E-state index is -1.05. The summed E-state index contributed by atoms with van der Waals surface area (Å²) in [6.07, 6.45) is 1.47. The van der Waals surface area contributed by atoms with Gasteiger partial charge in [0, 0.05) is 19.6 Å². The van der Waals surface area contributed by atoms with Gasteiger partial charge in [-0.2, -0.15) is 0 Å². The van der Waals surface area contributed by atoms with Crippen molar-refractivity contribution < 1.29 is 15.0 Å². The Hall–Kier alpha value is -2.25. The lowest BCUT2D eigenvalue weighted by molar-refractivity contribution is 0.0690. The summed E-state index contributed by atoms with van der Waals surface area (Å²) in [5, 5.41) is 25.3. The number of aromatic carboxylic acids is 1. The molecule has 0 radical (unpaired) electrons. The summed E-state index contributed by atoms with van der Waals surface area (Å²) < 4.78 is 1.62. The van der Waals surface area contributed by atoms with Crippen molar-refractivity contribution >= 4 is 5.97 Å². The Morgan fingerprint density at radius 1 is 1.24 bits per heavy atom. The summed E-state index contributed by atoms with van der Waals surface area (Å²) in [6.45, 7) is 2.54. The number of carbonyl (C=O) groups is 1. The van der Waals surface area contributed by atoms with E-state index < -0.39 is 5.97 Å². The van der Waals surface area contributed by atoms with Gasteiger partial charge >= 0.3 is 5.97 Å². The van der Waals surface area contributed by atoms with Gasteiger partial charge in [-0.15, -0.1) is 5.10 Å². The van der Waals surface area contributed by atoms with Crippen molar-refractivity contribution in [2.75, 3.05) is 13.1 Å². The summed E-state index contributed by atoms with van der Waals surface area (Å²) in [4.78, 5) is 13.0. The van der Waals surface area contributed by atoms with Gasteiger partial charge in [-0.1, -0.05) is 29.5 Å². The number of aliphatic hydroxyl groups is 1. The average Bonchev–Trinajstić information content (AvgIpc) is 2.92. The van der Waals surface area contributed by atoms with Crippen LogP contribution >= 0.6 is 0 Å². The second-order valence-corrected chi connectivity index (χ2v) is 5.21. The smallest absolute Gasteiger partial charge is 0.358 e. The maximum absolute atomic E-state index is 10.8. The molecule has 1 aliphatic heterocycles. The van der Waals surface area contributed by atoms with Crippen molar-refractivity contribution in [3.8, 4) is 0 Å². The highest BCUT2D eigenvalue weighted by Crippen LogP contribution is 2.22. The van der Waals surface area contributed by atoms with Crippen molar-refractivity contribution in [3.63, 3.8) is 0 Å². The lowest BCUT2D eigenvalue weighted by Gasteiger charge is -2.38. The number of aromatic nitrogens is 3. The Labute approximate surface area is 121 Å². The average molecular weight is 288 g/mol. The number of rotatable bonds is 5. The van der Waals surface area contributed by atoms with E-state index in [1.807, 2.05) is 24.3 Å². The molecular formula is C14H16N4O3. The molecule has 0 unspecified atom stereocenters. The molecule has 1 aliphatic rings. The fraction of sp³-hybridized carbons (Fsp3) is 0.357. The Morgan fingerprint density at radius 2 is 1.90 bits per heavy atom. The molecule has 0 aliphatic carbocycles. The van der Waals surface area contributed by atoms with Gasteiger partial charge in [0.05, 0.1) is 18.8 Å². The quantitative estimate of drug-likeness (QED) is 0.833. The molecule has 7 nitrogen and oxygen atoms in total. The highest BCUT2D eigenvalue weighted by Gasteiger charge is 2.29. The van der Waals surface area contributed by atoms with Gasteiger partial charge in [-0.05, 0) is 11.1 Å². The summed E-state index contributed by atoms with van der Waals surface area (Å²) in [6, 6.07) is 8.04. The predicted octanol–water partition coefficient (Wildman–Crippen LogP) is 0.526. The molecule has 1 saturated heterocycles. The molecular weight excluding hydrogens is 272 g/mol. The minimum absolute atomic E-state index is 0.0203. The van der Waals surface area contributed by atoms with Gasteiger partial charge in [-0.3, -0.25) is 4.90 Å². The molecule has 0 saturated carbocycles. The van der Waals surface area contributed by atoms with Crippen LogP contribution in [0.5, 0.6) is 0 Å². The standard InChI is InChI=1S/C14H16N4O3/c19-9-11-3-1-10(2-4-11)5-17-6-12(7-17)18-8-13(14(20)21)15-16-18/h1-4,8,12,19H,5-7,9H2,(H,20,21). The van der Waals surface area contributed by atoms with Crippen LogP contribution in [-0.2, 0) is 13.2 Å². The first-order valence-corrected chi connectivity index (χ1v) is 6.72. The molecule has 2 heterocycles. The number of hydrogen-bond donors (Lipinski definition) is 2. The Morgan fingerprint density at radius 3 is 2.48 bits per heavy atom. The molecule has 0 atom stereocenters. The van der Waals surface area contributed by atoms with Crippen LogP contribution in [0.25, 0.3) is 0 Å². The Bertz CT molecular complexity index is 632. The molecule has 1 aromatic heterocycles. The first kappa shape index (κ1) is 13.7. The van der Waals surface area contributed by atoms with Crippen LogP contribution in [0.2, 0.25) is 0 Å². The van der Waals surface area contributed by atoms with Crippen LogP contribution in [0, 0.1) is 0 Å². The predicted molar refractivity (Wildman–Crippen MR) is 73.7 cm³/mol. The van der Waals surface area contributed by atoms with Crippen LogP contribution in [-0.4, -0.2) is 49.2 Å². The summed E-state index contributed by atoms with van der Waals surface area (Å²) >= 11 is 0. The van der Waals surface area contributed by atoms with E-state index in [1.165, 1.54) is 11.8 Å². The Kier molecular flexibility index (Phi) is 3.68. The van der Waals surface area contributed by atoms with Gasteiger partial charge in [0.1, 0.15) is 0 Å². The first-order valence-electron chi connectivity index (χ1n) is 6.72. The number of hydrogen-bond acceptors (Lipinski definition) is 5. The third kappa shape index (κ3) is 2.93. The lowest BCUT2D eigenvalue weighted by Crippen LogP contribution is -2.47. The minimum Gasteiger partial charge on any atom is -0.476 e. The van der Waals surface area contributed by atoms with E-state index in [-0.39, 0.29) is 18.3 Å². The molecule has 7 heteroatoms. The number of nitrogens with zero attached hydrogens (tertiary/aromatic N) is 4. The third-order valence-electron chi connectivity index (χ3n) is 3.65. The van der Waals surface area contributed by atoms with Crippen LogP contribution in [0.4, 0.5) is 0 Å². The fourth-order valence-corrected chi connectivity index (χ4v) is 2.40. The number of likely N-dealkylation sites (tertiary alicyclic amines) is 1. The van der Waals surface area contributed by atoms with E-state index in [4.69, 9.17) is 10.2 Å². The third-order valence-corrected chi connectivity index (χ3v) is 3.65. The van der Waals surface area contributed by atoms with E-state index >= 15 is 0 Å². The van der Waals surface area contributed by atoms with Gasteiger partial charge in [-0.25, -0.2) is 9.48 Å². The van der Waals surface area contributed by atoms with Crippen LogP contribution in [0.3, 0.4) is 0 Å². The summed E-state index contributed by atoms with van der Waals surface area (Å²) in [5.41, 5.74) is 2.08. The molecule has 21 heavy (non-hydrogen) atoms. The number of benzene rings is 1. The van der Waals surface area contributed by atoms with E-state index in [1.54, 1.807) is 4.68 Å². The largest absolute Gasteiger partial charge is 0.476 e. The van der Waals surface area contributed by atoms with E-state index in [0.717, 1.165) is 25.2 Å². The zero-order valence-corrected chi connectivity index (χ0v) is 11.4. The second kappa shape index (κ2) is 5.63. The molecule has 2 aromatic rings. The maximum Gasteiger partial charge on any atom is 0.358 e. The highest BCUT2D eigenvalue weighted by molar-refractivity contribution is 5.84. The van der Waals surface area contributed by atoms with Gasteiger partial charge < -0.3 is 10.2 Å². The topological polar surface area (TPSA) is 91.5 Å². The van der Waals surface area contributed by atoms with Crippen molar-refractivity contribution in [1.29, 1.82) is 0 Å². The fourth-order valence-electron chi connectivity index (χ4n) is 2.40. The van der Waals surface area contributed by atoms with Crippen molar-refractivity contribution in [1.82, 2.24) is 19.9 Å². The van der Waals surface area contributed by atoms with Gasteiger partial charge in [0.25, 0.3) is 0 Å². The normalized spacial score (nSPS) is 15.9. The number of carboxylic acid groups (broad SMARTS) is 1. The van der Waals surface area contributed by atoms with E-state index in [9.17, 15) is 4.79 Å². The number of carboxylic acids is 1. The van der Waals surface area contributed by atoms with Gasteiger partial charge in [0.15, 0.2) is 5.69 Å². The van der Waals surface area contributed by atoms with E-state index in [2.05, 4.69) is 15.2 Å². The first-order chi connectivity index (χ1) is 10.2. The zero-order chi connectivity index (χ0) is 14.8. The van der Waals surface area contributed by atoms with Crippen molar-refractivity contribution in [2.45, 2.75) is 19.2 Å². The molecule has 2 N–H and O–H groups in total. The zero-order valence-electron chi connectivity index (χ0n) is 11.4. The molecule has 1 aromatic carbocycles. The monoisotopic (exact) mass is 288 g/mol. The highest BCUT2D eigenvalue weighted by atomic mass is 16.4. The lowest BCUT2D eigenvalue weighted by atomic mass is 10.1. The summed E-state index contributed by atoms with van der Waals surface area (Å²) in [5.74, 6) is -1.05. The molecule has 110 valence electrons. The van der Waals surface area contributed by atoms with Crippen molar-refractivity contribution in [2.24, 2.45) is 0 Å². The van der Waals surface area contributed by atoms with E-state index in [0.29, 0.717) is 0 Å². The molecule has 3 rings (SSSR count). The number of aliphatic hydroxyl groups excluding tert-OH is 1. The maximum atomic E-state index is 10.8. The SMILES string of the molecule is O=C(O)c1cn(C2CN(Cc3ccc(CO)cc3)C2)nn1. The van der Waals surface area contributed by atoms with Crippen LogP contribution in [0.15, 0.2) is 30.5 Å².